The second-order valence-corrected chi connectivity index (χ2v) is 6.68. The monoisotopic (exact) mass is 362 g/mol. The fourth-order valence-corrected chi connectivity index (χ4v) is 3.30. The van der Waals surface area contributed by atoms with Crippen LogP contribution in [-0.2, 0) is 41.7 Å². The van der Waals surface area contributed by atoms with E-state index in [1.54, 1.807) is 0 Å². The fraction of sp³-hybridized carbons (Fsp3) is 0.391. The predicted octanol–water partition coefficient (Wildman–Crippen LogP) is 4.50. The topological polar surface area (TPSA) is 58.9 Å². The van der Waals surface area contributed by atoms with Crippen molar-refractivity contribution in [2.75, 3.05) is 0 Å². The third kappa shape index (κ3) is 6.14. The van der Waals surface area contributed by atoms with Gasteiger partial charge in [0.05, 0.1) is 0 Å². The van der Waals surface area contributed by atoms with Crippen molar-refractivity contribution in [3.05, 3.63) is 69.8 Å². The number of nitrogens with zero attached hydrogens (tertiary/aromatic N) is 2. The molecule has 0 aliphatic carbocycles. The van der Waals surface area contributed by atoms with Gasteiger partial charge in [0.15, 0.2) is 6.17 Å². The molecule has 2 rings (SSSR count). The number of hydrogen-bond acceptors (Lipinski definition) is 4. The van der Waals surface area contributed by atoms with Gasteiger partial charge in [-0.2, -0.15) is 9.98 Å². The third-order valence-electron chi connectivity index (χ3n) is 4.68. The number of aliphatic imine (C=N–C) groups is 2. The van der Waals surface area contributed by atoms with E-state index in [1.807, 2.05) is 0 Å². The Balaban J connectivity index is 2.34. The minimum Gasteiger partial charge on any atom is -0.211 e. The summed E-state index contributed by atoms with van der Waals surface area (Å²) in [6.45, 7) is 6.46. The van der Waals surface area contributed by atoms with Crippen LogP contribution in [0.1, 0.15) is 54.2 Å². The molecule has 4 heteroatoms. The van der Waals surface area contributed by atoms with Gasteiger partial charge in [0, 0.05) is 6.42 Å². The molecular weight excluding hydrogens is 336 g/mol. The van der Waals surface area contributed by atoms with E-state index < -0.39 is 6.17 Å². The molecule has 0 heterocycles. The molecule has 0 spiro atoms. The molecule has 0 N–H and O–H groups in total. The second-order valence-electron chi connectivity index (χ2n) is 6.68. The highest BCUT2D eigenvalue weighted by molar-refractivity contribution is 5.40. The van der Waals surface area contributed by atoms with Gasteiger partial charge in [-0.25, -0.2) is 9.59 Å². The van der Waals surface area contributed by atoms with Crippen LogP contribution in [0.2, 0.25) is 0 Å². The van der Waals surface area contributed by atoms with E-state index >= 15 is 0 Å². The average molecular weight is 362 g/mol. The predicted molar refractivity (Wildman–Crippen MR) is 108 cm³/mol. The molecule has 140 valence electrons. The zero-order valence-corrected chi connectivity index (χ0v) is 16.3. The average Bonchev–Trinajstić information content (AvgIpc) is 2.67. The van der Waals surface area contributed by atoms with Crippen LogP contribution in [0.5, 0.6) is 0 Å². The minimum atomic E-state index is -0.755. The van der Waals surface area contributed by atoms with Gasteiger partial charge in [-0.3, -0.25) is 0 Å². The summed E-state index contributed by atoms with van der Waals surface area (Å²) >= 11 is 0. The van der Waals surface area contributed by atoms with Crippen LogP contribution in [0, 0.1) is 0 Å². The molecule has 27 heavy (non-hydrogen) atoms. The number of hydrogen-bond donors (Lipinski definition) is 0. The molecule has 4 nitrogen and oxygen atoms in total. The van der Waals surface area contributed by atoms with Gasteiger partial charge in [-0.05, 0) is 59.1 Å². The molecule has 0 aliphatic rings. The van der Waals surface area contributed by atoms with E-state index in [0.717, 1.165) is 31.2 Å². The molecule has 0 atom stereocenters. The van der Waals surface area contributed by atoms with E-state index in [-0.39, 0.29) is 0 Å². The molecule has 0 aliphatic heterocycles. The summed E-state index contributed by atoms with van der Waals surface area (Å²) < 4.78 is 0. The first-order valence-corrected chi connectivity index (χ1v) is 9.49. The van der Waals surface area contributed by atoms with Crippen molar-refractivity contribution in [3.63, 3.8) is 0 Å². The largest absolute Gasteiger partial charge is 0.237 e. The Morgan fingerprint density at radius 1 is 0.667 bits per heavy atom. The lowest BCUT2D eigenvalue weighted by Gasteiger charge is -2.12. The molecule has 0 saturated carbocycles. The highest BCUT2D eigenvalue weighted by Crippen LogP contribution is 2.20. The zero-order valence-electron chi connectivity index (χ0n) is 16.3. The minimum absolute atomic E-state index is 0.389. The molecule has 0 amide bonds. The van der Waals surface area contributed by atoms with Crippen LogP contribution < -0.4 is 0 Å². The van der Waals surface area contributed by atoms with Crippen LogP contribution >= 0.6 is 0 Å². The Labute approximate surface area is 161 Å². The maximum atomic E-state index is 10.6. The number of carbonyl (C=O) groups excluding carboxylic acids is 2. The standard InChI is InChI=1S/C23H26N2O2/c1-4-17-7-18(5-2)9-20(8-17)12-21-10-19(6-3)11-22(13-21)14-23(24-15-26)25-16-27/h7-11,13,23H,4-6,12,14H2,1-3H3. The second kappa shape index (κ2) is 10.4. The summed E-state index contributed by atoms with van der Waals surface area (Å²) in [7, 11) is 0. The molecule has 0 saturated heterocycles. The Kier molecular flexibility index (Phi) is 7.88. The van der Waals surface area contributed by atoms with Crippen LogP contribution in [0.25, 0.3) is 0 Å². The van der Waals surface area contributed by atoms with Crippen LogP contribution in [0.15, 0.2) is 46.4 Å². The van der Waals surface area contributed by atoms with Gasteiger partial charge < -0.3 is 0 Å². The Morgan fingerprint density at radius 3 is 1.44 bits per heavy atom. The number of benzene rings is 2. The number of rotatable bonds is 9. The lowest BCUT2D eigenvalue weighted by Crippen LogP contribution is -2.06. The molecule has 0 bridgehead atoms. The fourth-order valence-electron chi connectivity index (χ4n) is 3.30. The first-order valence-electron chi connectivity index (χ1n) is 9.49. The van der Waals surface area contributed by atoms with E-state index in [9.17, 15) is 9.59 Å². The summed E-state index contributed by atoms with van der Waals surface area (Å²) in [4.78, 5) is 28.3. The molecule has 2 aromatic carbocycles. The molecule has 0 radical (unpaired) electrons. The number of aryl methyl sites for hydroxylation is 3. The third-order valence-corrected chi connectivity index (χ3v) is 4.68. The van der Waals surface area contributed by atoms with Crippen LogP contribution in [-0.4, -0.2) is 18.3 Å². The molecule has 0 fully saturated rings. The molecular formula is C23H26N2O2. The quantitative estimate of drug-likeness (QED) is 0.487. The number of isocyanates is 2. The molecule has 0 unspecified atom stereocenters. The Hall–Kier alpha value is -2.80. The SMILES string of the molecule is CCc1cc(CC)cc(Cc2cc(CC)cc(CC(N=C=O)N=C=O)c2)c1. The van der Waals surface area contributed by atoms with Gasteiger partial charge in [0.2, 0.25) is 12.2 Å². The van der Waals surface area contributed by atoms with Crippen molar-refractivity contribution in [3.8, 4) is 0 Å². The lowest BCUT2D eigenvalue weighted by atomic mass is 9.94. The molecule has 2 aromatic rings. The van der Waals surface area contributed by atoms with Gasteiger partial charge in [0.25, 0.3) is 0 Å². The van der Waals surface area contributed by atoms with Crippen molar-refractivity contribution in [1.29, 1.82) is 0 Å². The smallest absolute Gasteiger partial charge is 0.211 e. The van der Waals surface area contributed by atoms with Gasteiger partial charge in [-0.15, -0.1) is 0 Å². The molecule has 0 aromatic heterocycles. The lowest BCUT2D eigenvalue weighted by molar-refractivity contribution is 0.548. The van der Waals surface area contributed by atoms with Gasteiger partial charge in [0.1, 0.15) is 0 Å². The van der Waals surface area contributed by atoms with Crippen molar-refractivity contribution in [1.82, 2.24) is 0 Å². The first-order chi connectivity index (χ1) is 13.1. The summed E-state index contributed by atoms with van der Waals surface area (Å²) in [5, 5.41) is 0. The highest BCUT2D eigenvalue weighted by atomic mass is 16.1. The van der Waals surface area contributed by atoms with Gasteiger partial charge in [-0.1, -0.05) is 57.2 Å². The summed E-state index contributed by atoms with van der Waals surface area (Å²) in [5.41, 5.74) is 7.46. The van der Waals surface area contributed by atoms with Crippen molar-refractivity contribution in [2.45, 2.75) is 59.0 Å². The zero-order chi connectivity index (χ0) is 19.6. The summed E-state index contributed by atoms with van der Waals surface area (Å²) in [6, 6.07) is 13.2. The van der Waals surface area contributed by atoms with E-state index in [4.69, 9.17) is 0 Å². The van der Waals surface area contributed by atoms with Crippen LogP contribution in [0.3, 0.4) is 0 Å². The van der Waals surface area contributed by atoms with Crippen molar-refractivity contribution < 1.29 is 9.59 Å². The van der Waals surface area contributed by atoms with E-state index in [1.165, 1.54) is 40.0 Å². The van der Waals surface area contributed by atoms with E-state index in [0.29, 0.717) is 6.42 Å². The summed E-state index contributed by atoms with van der Waals surface area (Å²) in [6.07, 6.45) is 6.41. The van der Waals surface area contributed by atoms with Gasteiger partial charge >= 0.3 is 0 Å². The first kappa shape index (κ1) is 20.5. The summed E-state index contributed by atoms with van der Waals surface area (Å²) in [5.74, 6) is 0. The van der Waals surface area contributed by atoms with Crippen LogP contribution in [0.4, 0.5) is 0 Å². The van der Waals surface area contributed by atoms with Crippen molar-refractivity contribution >= 4 is 12.2 Å². The maximum Gasteiger partial charge on any atom is 0.237 e. The highest BCUT2D eigenvalue weighted by Gasteiger charge is 2.09. The maximum absolute atomic E-state index is 10.6. The van der Waals surface area contributed by atoms with E-state index in [2.05, 4.69) is 67.2 Å². The Bertz CT molecular complexity index is 836. The van der Waals surface area contributed by atoms with Crippen molar-refractivity contribution in [2.24, 2.45) is 9.98 Å². The normalized spacial score (nSPS) is 11.4. The Morgan fingerprint density at radius 2 is 1.04 bits per heavy atom.